The lowest BCUT2D eigenvalue weighted by molar-refractivity contribution is -0.159. The molecule has 0 aromatic heterocycles. The number of halogens is 3. The first kappa shape index (κ1) is 14.6. The summed E-state index contributed by atoms with van der Waals surface area (Å²) in [7, 11) is 0. The Bertz CT molecular complexity index is 325. The molecule has 2 rings (SSSR count). The van der Waals surface area contributed by atoms with E-state index in [1.807, 2.05) is 0 Å². The summed E-state index contributed by atoms with van der Waals surface area (Å²) in [6.45, 7) is 3.18. The molecule has 0 bridgehead atoms. The summed E-state index contributed by atoms with van der Waals surface area (Å²) >= 11 is 0. The van der Waals surface area contributed by atoms with Crippen LogP contribution in [0.25, 0.3) is 0 Å². The fourth-order valence-electron chi connectivity index (χ4n) is 2.49. The normalized spacial score (nSPS) is 22.7. The first-order valence-corrected chi connectivity index (χ1v) is 6.70. The Balaban J connectivity index is 1.97. The van der Waals surface area contributed by atoms with Crippen LogP contribution in [0.3, 0.4) is 0 Å². The smallest absolute Gasteiger partial charge is 0.339 e. The largest absolute Gasteiger partial charge is 0.401 e. The molecule has 1 heterocycles. The van der Waals surface area contributed by atoms with Gasteiger partial charge < -0.3 is 10.2 Å². The average Bonchev–Trinajstić information content (AvgIpc) is 3.18. The van der Waals surface area contributed by atoms with E-state index >= 15 is 0 Å². The minimum absolute atomic E-state index is 0.0801. The van der Waals surface area contributed by atoms with Gasteiger partial charge in [-0.25, -0.2) is 0 Å². The Morgan fingerprint density at radius 1 is 1.37 bits per heavy atom. The Labute approximate surface area is 110 Å². The van der Waals surface area contributed by atoms with Gasteiger partial charge >= 0.3 is 6.18 Å². The Morgan fingerprint density at radius 2 is 1.95 bits per heavy atom. The summed E-state index contributed by atoms with van der Waals surface area (Å²) in [6, 6.07) is -0.768. The number of hydrogen-bond donors (Lipinski definition) is 1. The molecule has 1 N–H and O–H groups in total. The first-order valence-electron chi connectivity index (χ1n) is 6.70. The molecule has 0 aromatic carbocycles. The second kappa shape index (κ2) is 5.66. The van der Waals surface area contributed by atoms with Crippen LogP contribution in [-0.4, -0.2) is 66.7 Å². The van der Waals surface area contributed by atoms with Crippen molar-refractivity contribution in [3.05, 3.63) is 0 Å². The van der Waals surface area contributed by atoms with E-state index in [-0.39, 0.29) is 11.9 Å². The molecule has 110 valence electrons. The van der Waals surface area contributed by atoms with Crippen LogP contribution in [0.15, 0.2) is 0 Å². The van der Waals surface area contributed by atoms with Gasteiger partial charge in [-0.3, -0.25) is 9.69 Å². The number of hydrogen-bond acceptors (Lipinski definition) is 3. The monoisotopic (exact) mass is 279 g/mol. The highest BCUT2D eigenvalue weighted by Crippen LogP contribution is 2.32. The Kier molecular flexibility index (Phi) is 4.35. The van der Waals surface area contributed by atoms with Crippen LogP contribution < -0.4 is 5.32 Å². The van der Waals surface area contributed by atoms with Gasteiger partial charge in [0.2, 0.25) is 5.91 Å². The average molecular weight is 279 g/mol. The van der Waals surface area contributed by atoms with Gasteiger partial charge in [0.1, 0.15) is 0 Å². The van der Waals surface area contributed by atoms with Crippen molar-refractivity contribution in [1.29, 1.82) is 0 Å². The van der Waals surface area contributed by atoms with Gasteiger partial charge in [-0.05, 0) is 19.8 Å². The Morgan fingerprint density at radius 3 is 2.42 bits per heavy atom. The second-order valence-corrected chi connectivity index (χ2v) is 5.27. The maximum Gasteiger partial charge on any atom is 0.401 e. The number of rotatable bonds is 4. The van der Waals surface area contributed by atoms with E-state index in [1.54, 1.807) is 11.8 Å². The number of nitrogens with zero attached hydrogens (tertiary/aromatic N) is 2. The maximum atomic E-state index is 12.6. The molecule has 1 atom stereocenters. The predicted molar refractivity (Wildman–Crippen MR) is 64.7 cm³/mol. The molecule has 0 aromatic rings. The van der Waals surface area contributed by atoms with Crippen molar-refractivity contribution in [2.75, 3.05) is 32.7 Å². The first-order chi connectivity index (χ1) is 8.88. The summed E-state index contributed by atoms with van der Waals surface area (Å²) < 4.78 is 37.7. The molecule has 0 radical (unpaired) electrons. The van der Waals surface area contributed by atoms with E-state index in [2.05, 4.69) is 5.32 Å². The van der Waals surface area contributed by atoms with Crippen molar-refractivity contribution in [3.63, 3.8) is 0 Å². The molecular formula is C12H20F3N3O. The fourth-order valence-corrected chi connectivity index (χ4v) is 2.49. The maximum absolute atomic E-state index is 12.6. The Hall–Kier alpha value is -0.820. The third kappa shape index (κ3) is 4.07. The lowest BCUT2D eigenvalue weighted by atomic mass is 10.2. The van der Waals surface area contributed by atoms with E-state index in [0.717, 1.165) is 12.8 Å². The number of alkyl halides is 3. The zero-order chi connectivity index (χ0) is 14.0. The van der Waals surface area contributed by atoms with Gasteiger partial charge in [-0.2, -0.15) is 13.2 Å². The van der Waals surface area contributed by atoms with Crippen LogP contribution in [0.4, 0.5) is 13.2 Å². The van der Waals surface area contributed by atoms with Gasteiger partial charge in [-0.1, -0.05) is 0 Å². The third-order valence-electron chi connectivity index (χ3n) is 3.66. The molecule has 7 heteroatoms. The zero-order valence-electron chi connectivity index (χ0n) is 11.0. The number of carbonyl (C=O) groups is 1. The number of carbonyl (C=O) groups excluding carboxylic acids is 1. The van der Waals surface area contributed by atoms with Crippen LogP contribution in [0.5, 0.6) is 0 Å². The molecule has 4 nitrogen and oxygen atoms in total. The van der Waals surface area contributed by atoms with Crippen LogP contribution in [0.2, 0.25) is 0 Å². The van der Waals surface area contributed by atoms with Crippen LogP contribution in [-0.2, 0) is 4.79 Å². The highest BCUT2D eigenvalue weighted by Gasteiger charge is 2.42. The molecule has 1 saturated heterocycles. The standard InChI is InChI=1S/C12H20F3N3O/c1-9(11(19)17-6-4-16-5-7-17)18(10-2-3-10)8-12(13,14)15/h9-10,16H,2-8H2,1H3. The SMILES string of the molecule is CC(C(=O)N1CCNCC1)N(CC(F)(F)F)C1CC1. The summed E-state index contributed by atoms with van der Waals surface area (Å²) in [4.78, 5) is 15.2. The molecule has 1 saturated carbocycles. The predicted octanol–water partition coefficient (Wildman–Crippen LogP) is 0.833. The quantitative estimate of drug-likeness (QED) is 0.828. The van der Waals surface area contributed by atoms with E-state index in [4.69, 9.17) is 0 Å². The van der Waals surface area contributed by atoms with Crippen molar-refractivity contribution in [2.24, 2.45) is 0 Å². The molecule has 0 spiro atoms. The molecule has 1 unspecified atom stereocenters. The van der Waals surface area contributed by atoms with Crippen LogP contribution in [0.1, 0.15) is 19.8 Å². The van der Waals surface area contributed by atoms with E-state index in [0.29, 0.717) is 26.2 Å². The van der Waals surface area contributed by atoms with E-state index < -0.39 is 18.8 Å². The van der Waals surface area contributed by atoms with Crippen molar-refractivity contribution in [2.45, 2.75) is 38.0 Å². The van der Waals surface area contributed by atoms with Crippen LogP contribution >= 0.6 is 0 Å². The highest BCUT2D eigenvalue weighted by molar-refractivity contribution is 5.81. The molecule has 1 aliphatic carbocycles. The lowest BCUT2D eigenvalue weighted by Gasteiger charge is -2.35. The van der Waals surface area contributed by atoms with Crippen molar-refractivity contribution in [3.8, 4) is 0 Å². The van der Waals surface area contributed by atoms with E-state index in [1.165, 1.54) is 4.90 Å². The van der Waals surface area contributed by atoms with Gasteiger partial charge in [0.15, 0.2) is 0 Å². The van der Waals surface area contributed by atoms with Crippen LogP contribution in [0, 0.1) is 0 Å². The minimum Gasteiger partial charge on any atom is -0.339 e. The number of piperazine rings is 1. The van der Waals surface area contributed by atoms with Gasteiger partial charge in [0.25, 0.3) is 0 Å². The third-order valence-corrected chi connectivity index (χ3v) is 3.66. The summed E-state index contributed by atoms with van der Waals surface area (Å²) in [5.74, 6) is -0.183. The molecule has 1 amide bonds. The lowest BCUT2D eigenvalue weighted by Crippen LogP contribution is -2.55. The number of nitrogens with one attached hydrogen (secondary N) is 1. The van der Waals surface area contributed by atoms with Gasteiger partial charge in [-0.15, -0.1) is 0 Å². The molecule has 2 fully saturated rings. The highest BCUT2D eigenvalue weighted by atomic mass is 19.4. The summed E-state index contributed by atoms with van der Waals surface area (Å²) in [5.41, 5.74) is 0. The van der Waals surface area contributed by atoms with Gasteiger partial charge in [0, 0.05) is 32.2 Å². The van der Waals surface area contributed by atoms with E-state index in [9.17, 15) is 18.0 Å². The fraction of sp³-hybridized carbons (Fsp3) is 0.917. The van der Waals surface area contributed by atoms with Crippen molar-refractivity contribution in [1.82, 2.24) is 15.1 Å². The zero-order valence-corrected chi connectivity index (χ0v) is 11.0. The summed E-state index contributed by atoms with van der Waals surface area (Å²) in [5, 5.41) is 3.12. The minimum atomic E-state index is -4.25. The second-order valence-electron chi connectivity index (χ2n) is 5.27. The molecular weight excluding hydrogens is 259 g/mol. The molecule has 1 aliphatic heterocycles. The summed E-state index contributed by atoms with van der Waals surface area (Å²) in [6.07, 6.45) is -2.73. The molecule has 2 aliphatic rings. The topological polar surface area (TPSA) is 35.6 Å². The van der Waals surface area contributed by atoms with Crippen molar-refractivity contribution < 1.29 is 18.0 Å². The molecule has 19 heavy (non-hydrogen) atoms. The van der Waals surface area contributed by atoms with Gasteiger partial charge in [0.05, 0.1) is 12.6 Å². The van der Waals surface area contributed by atoms with Crippen molar-refractivity contribution >= 4 is 5.91 Å². The number of amides is 1.